The van der Waals surface area contributed by atoms with Crippen LogP contribution in [-0.4, -0.2) is 3.71 Å². The molecule has 2 aliphatic carbocycles. The number of hydrogen-bond donors (Lipinski definition) is 0. The Morgan fingerprint density at radius 1 is 0.786 bits per heavy atom. The van der Waals surface area contributed by atoms with Crippen molar-refractivity contribution in [3.05, 3.63) is 132 Å². The third kappa shape index (κ3) is 6.49. The maximum atomic E-state index is 2.81. The first-order valence-electron chi connectivity index (χ1n) is 14.6. The first-order valence-corrected chi connectivity index (χ1v) is 19.6. The zero-order valence-corrected chi connectivity index (χ0v) is 30.3. The molecule has 4 heteroatoms. The van der Waals surface area contributed by atoms with Crippen molar-refractivity contribution in [1.82, 2.24) is 0 Å². The van der Waals surface area contributed by atoms with Crippen LogP contribution in [0.25, 0.3) is 16.7 Å². The second-order valence-electron chi connectivity index (χ2n) is 13.4. The van der Waals surface area contributed by atoms with Crippen LogP contribution in [0.3, 0.4) is 0 Å². The molecule has 0 fully saturated rings. The molecule has 216 valence electrons. The topological polar surface area (TPSA) is 0 Å². The summed E-state index contributed by atoms with van der Waals surface area (Å²) in [4.78, 5) is 0. The van der Waals surface area contributed by atoms with Crippen LogP contribution >= 0.6 is 11.3 Å². The molecule has 0 radical (unpaired) electrons. The van der Waals surface area contributed by atoms with Gasteiger partial charge in [-0.3, -0.25) is 0 Å². The van der Waals surface area contributed by atoms with E-state index in [1.54, 1.807) is 14.4 Å². The van der Waals surface area contributed by atoms with Gasteiger partial charge in [-0.1, -0.05) is 0 Å². The smallest absolute Gasteiger partial charge is 1.00 e. The van der Waals surface area contributed by atoms with E-state index in [9.17, 15) is 0 Å². The zero-order valence-electron chi connectivity index (χ0n) is 25.5. The van der Waals surface area contributed by atoms with Gasteiger partial charge in [0, 0.05) is 0 Å². The minimum Gasteiger partial charge on any atom is -1.00 e. The van der Waals surface area contributed by atoms with E-state index in [1.165, 1.54) is 39.0 Å². The normalized spacial score (nSPS) is 14.4. The van der Waals surface area contributed by atoms with Gasteiger partial charge in [-0.25, -0.2) is 0 Å². The summed E-state index contributed by atoms with van der Waals surface area (Å²) in [6, 6.07) is 28.3. The molecule has 1 heterocycles. The third-order valence-electron chi connectivity index (χ3n) is 8.57. The van der Waals surface area contributed by atoms with Gasteiger partial charge in [-0.2, -0.15) is 0 Å². The van der Waals surface area contributed by atoms with Crippen molar-refractivity contribution >= 4 is 20.6 Å². The fourth-order valence-electron chi connectivity index (χ4n) is 6.24. The number of fused-ring (bicyclic) bond motifs is 3. The van der Waals surface area contributed by atoms with Gasteiger partial charge in [0.05, 0.1) is 0 Å². The summed E-state index contributed by atoms with van der Waals surface area (Å²) in [6.07, 6.45) is 6.99. The SMILES string of the molecule is CC(C)(C)c1ccc2c(c1)-c1cc(C(C)(C)C)ccc1[CH]2/[Zr+2](=[CH]\Cc1ccccc1)[C]1=C(c2ccsc2)C=CC1.[Cl-].[Cl-]. The van der Waals surface area contributed by atoms with Crippen molar-refractivity contribution in [2.45, 2.75) is 68.8 Å². The maximum Gasteiger partial charge on any atom is -1.00 e. The Kier molecular flexibility index (Phi) is 10.3. The van der Waals surface area contributed by atoms with Crippen LogP contribution in [0.1, 0.15) is 85.0 Å². The Bertz CT molecular complexity index is 1580. The molecular weight excluding hydrogens is 651 g/mol. The molecular formula is C38H40Cl2SZr. The second-order valence-corrected chi connectivity index (χ2v) is 20.3. The average Bonchev–Trinajstić information content (AvgIpc) is 3.68. The average molecular weight is 691 g/mol. The largest absolute Gasteiger partial charge is 1.00 e. The molecule has 0 aliphatic heterocycles. The van der Waals surface area contributed by atoms with Crippen molar-refractivity contribution in [3.8, 4) is 11.1 Å². The van der Waals surface area contributed by atoms with Gasteiger partial charge < -0.3 is 24.8 Å². The molecule has 42 heavy (non-hydrogen) atoms. The van der Waals surface area contributed by atoms with E-state index in [0.717, 1.165) is 12.8 Å². The van der Waals surface area contributed by atoms with Gasteiger partial charge in [0.15, 0.2) is 0 Å². The Labute approximate surface area is 277 Å². The van der Waals surface area contributed by atoms with E-state index >= 15 is 0 Å². The van der Waals surface area contributed by atoms with Crippen molar-refractivity contribution in [2.75, 3.05) is 0 Å². The number of halogens is 2. The van der Waals surface area contributed by atoms with Gasteiger partial charge in [-0.05, 0) is 0 Å². The van der Waals surface area contributed by atoms with E-state index in [4.69, 9.17) is 0 Å². The molecule has 0 atom stereocenters. The summed E-state index contributed by atoms with van der Waals surface area (Å²) in [5, 5.41) is 4.57. The summed E-state index contributed by atoms with van der Waals surface area (Å²) < 4.78 is 5.06. The number of allylic oxidation sites excluding steroid dienone is 4. The molecule has 4 aromatic rings. The fourth-order valence-corrected chi connectivity index (χ4v) is 15.1. The molecule has 0 amide bonds. The van der Waals surface area contributed by atoms with Crippen LogP contribution in [0.5, 0.6) is 0 Å². The standard InChI is InChI=1S/C21H25.C9H7S.C8H8.2ClH.Zr/c1-20(2,3)16-9-7-14-11-15-8-10-17(21(4,5)6)13-19(15)18(14)12-16;1-2-4-8(3-1)9-5-6-10-7-9;1-2-8-6-4-3-5-7-8;;;/h7-13H,1-6H3;1,3,5-7H,2H2;1,3-7H,2H2;2*1H;/q;;;;;+2/p-2. The summed E-state index contributed by atoms with van der Waals surface area (Å²) in [5.41, 5.74) is 13.5. The Balaban J connectivity index is 0.00000202. The molecule has 0 nitrogen and oxygen atoms in total. The van der Waals surface area contributed by atoms with Crippen molar-refractivity contribution in [1.29, 1.82) is 0 Å². The molecule has 0 spiro atoms. The van der Waals surface area contributed by atoms with Crippen LogP contribution in [0.4, 0.5) is 0 Å². The van der Waals surface area contributed by atoms with Crippen molar-refractivity contribution in [2.24, 2.45) is 0 Å². The third-order valence-corrected chi connectivity index (χ3v) is 16.8. The number of rotatable bonds is 5. The van der Waals surface area contributed by atoms with Crippen LogP contribution in [0.15, 0.2) is 99.0 Å². The fraction of sp³-hybridized carbons (Fsp3) is 0.289. The predicted molar refractivity (Wildman–Crippen MR) is 172 cm³/mol. The number of benzene rings is 3. The molecule has 6 rings (SSSR count). The van der Waals surface area contributed by atoms with Crippen LogP contribution in [-0.2, 0) is 38.5 Å². The molecule has 2 aliphatic rings. The van der Waals surface area contributed by atoms with Crippen LogP contribution < -0.4 is 24.8 Å². The maximum absolute atomic E-state index is 2.81. The Hall–Kier alpha value is -1.83. The first-order chi connectivity index (χ1) is 19.1. The van der Waals surface area contributed by atoms with E-state index in [1.807, 2.05) is 11.3 Å². The number of hydrogen-bond acceptors (Lipinski definition) is 1. The van der Waals surface area contributed by atoms with Crippen LogP contribution in [0, 0.1) is 0 Å². The van der Waals surface area contributed by atoms with Crippen LogP contribution in [0.2, 0.25) is 0 Å². The minimum absolute atomic E-state index is 0. The second kappa shape index (κ2) is 13.0. The van der Waals surface area contributed by atoms with Gasteiger partial charge in [-0.15, -0.1) is 0 Å². The Morgan fingerprint density at radius 2 is 1.38 bits per heavy atom. The number of thiophene rings is 1. The first kappa shape index (κ1) is 33.1. The Morgan fingerprint density at radius 3 is 1.90 bits per heavy atom. The summed E-state index contributed by atoms with van der Waals surface area (Å²) >= 11 is -0.590. The van der Waals surface area contributed by atoms with E-state index in [2.05, 4.69) is 141 Å². The predicted octanol–water partition coefficient (Wildman–Crippen LogP) is 4.46. The van der Waals surface area contributed by atoms with Gasteiger partial charge in [0.2, 0.25) is 0 Å². The summed E-state index contributed by atoms with van der Waals surface area (Å²) in [7, 11) is 0. The van der Waals surface area contributed by atoms with Gasteiger partial charge in [0.1, 0.15) is 0 Å². The van der Waals surface area contributed by atoms with E-state index in [0.29, 0.717) is 3.63 Å². The molecule has 0 N–H and O–H groups in total. The summed E-state index contributed by atoms with van der Waals surface area (Å²) in [5.74, 6) is 0. The monoisotopic (exact) mass is 688 g/mol. The molecule has 0 bridgehead atoms. The summed E-state index contributed by atoms with van der Waals surface area (Å²) in [6.45, 7) is 14.0. The van der Waals surface area contributed by atoms with Gasteiger partial charge >= 0.3 is 254 Å². The van der Waals surface area contributed by atoms with Crippen molar-refractivity contribution < 1.29 is 46.1 Å². The van der Waals surface area contributed by atoms with Gasteiger partial charge in [0.25, 0.3) is 0 Å². The van der Waals surface area contributed by atoms with E-state index < -0.39 is 21.3 Å². The quantitative estimate of drug-likeness (QED) is 0.291. The molecule has 0 saturated carbocycles. The molecule has 1 aromatic heterocycles. The molecule has 3 aromatic carbocycles. The minimum atomic E-state index is -2.40. The zero-order chi connectivity index (χ0) is 28.1. The molecule has 0 unspecified atom stereocenters. The molecule has 0 saturated heterocycles. The van der Waals surface area contributed by atoms with Crippen molar-refractivity contribution in [3.63, 3.8) is 0 Å². The van der Waals surface area contributed by atoms with E-state index in [-0.39, 0.29) is 35.6 Å².